The molecule has 158 valence electrons. The van der Waals surface area contributed by atoms with Crippen molar-refractivity contribution in [1.82, 2.24) is 14.9 Å². The summed E-state index contributed by atoms with van der Waals surface area (Å²) in [6, 6.07) is 13.8. The third kappa shape index (κ3) is 3.51. The van der Waals surface area contributed by atoms with E-state index >= 15 is 0 Å². The fourth-order valence-electron chi connectivity index (χ4n) is 4.54. The molecule has 1 saturated heterocycles. The van der Waals surface area contributed by atoms with E-state index in [9.17, 15) is 14.3 Å². The van der Waals surface area contributed by atoms with Crippen LogP contribution in [0.25, 0.3) is 21.8 Å². The highest BCUT2D eigenvalue weighted by molar-refractivity contribution is 5.89. The Morgan fingerprint density at radius 3 is 2.65 bits per heavy atom. The van der Waals surface area contributed by atoms with Gasteiger partial charge in [0.1, 0.15) is 17.7 Å². The predicted octanol–water partition coefficient (Wildman–Crippen LogP) is 4.11. The summed E-state index contributed by atoms with van der Waals surface area (Å²) < 4.78 is 13.5. The molecule has 1 aliphatic rings. The SMILES string of the molecule is Cc1cc(N2CCN(C(C(=O)O)c3c[nH]c4cc(F)ccc34)CC2)nc2ccccc12. The van der Waals surface area contributed by atoms with Gasteiger partial charge in [0.15, 0.2) is 0 Å². The first-order valence-corrected chi connectivity index (χ1v) is 10.4. The number of fused-ring (bicyclic) bond motifs is 2. The van der Waals surface area contributed by atoms with E-state index in [1.807, 2.05) is 23.1 Å². The Balaban J connectivity index is 1.39. The zero-order valence-electron chi connectivity index (χ0n) is 17.2. The Kier molecular flexibility index (Phi) is 4.82. The number of anilines is 1. The maximum absolute atomic E-state index is 13.5. The number of benzene rings is 2. The number of nitrogens with zero attached hydrogens (tertiary/aromatic N) is 3. The summed E-state index contributed by atoms with van der Waals surface area (Å²) in [6.07, 6.45) is 1.68. The average Bonchev–Trinajstić information content (AvgIpc) is 3.16. The van der Waals surface area contributed by atoms with Crippen LogP contribution in [0.4, 0.5) is 10.2 Å². The lowest BCUT2D eigenvalue weighted by atomic mass is 10.0. The van der Waals surface area contributed by atoms with E-state index in [0.29, 0.717) is 37.3 Å². The molecule has 2 N–H and O–H groups in total. The van der Waals surface area contributed by atoms with Crippen LogP contribution in [0.5, 0.6) is 0 Å². The minimum Gasteiger partial charge on any atom is -0.480 e. The van der Waals surface area contributed by atoms with Crippen molar-refractivity contribution in [2.24, 2.45) is 0 Å². The lowest BCUT2D eigenvalue weighted by Crippen LogP contribution is -2.49. The number of carbonyl (C=O) groups is 1. The number of H-pyrrole nitrogens is 1. The molecule has 1 atom stereocenters. The van der Waals surface area contributed by atoms with Crippen LogP contribution in [0, 0.1) is 12.7 Å². The number of para-hydroxylation sites is 1. The van der Waals surface area contributed by atoms with Crippen LogP contribution in [-0.4, -0.2) is 52.1 Å². The van der Waals surface area contributed by atoms with E-state index in [4.69, 9.17) is 4.98 Å². The Bertz CT molecular complexity index is 1280. The summed E-state index contributed by atoms with van der Waals surface area (Å²) in [5.41, 5.74) is 3.41. The molecule has 0 amide bonds. The Morgan fingerprint density at radius 1 is 1.10 bits per heavy atom. The molecule has 0 bridgehead atoms. The van der Waals surface area contributed by atoms with E-state index in [1.54, 1.807) is 12.3 Å². The number of aromatic nitrogens is 2. The second-order valence-electron chi connectivity index (χ2n) is 8.01. The molecule has 0 aliphatic carbocycles. The minimum absolute atomic E-state index is 0.348. The molecule has 6 nitrogen and oxygen atoms in total. The number of pyridine rings is 1. The number of nitrogens with one attached hydrogen (secondary N) is 1. The van der Waals surface area contributed by atoms with Crippen molar-refractivity contribution < 1.29 is 14.3 Å². The zero-order valence-corrected chi connectivity index (χ0v) is 17.2. The molecule has 2 aromatic heterocycles. The van der Waals surface area contributed by atoms with Crippen molar-refractivity contribution in [3.63, 3.8) is 0 Å². The van der Waals surface area contributed by atoms with Crippen LogP contribution >= 0.6 is 0 Å². The number of carboxylic acid groups (broad SMARTS) is 1. The van der Waals surface area contributed by atoms with Gasteiger partial charge in [0.25, 0.3) is 0 Å². The van der Waals surface area contributed by atoms with Crippen LogP contribution in [0.15, 0.2) is 54.7 Å². The fraction of sp³-hybridized carbons (Fsp3) is 0.250. The smallest absolute Gasteiger partial charge is 0.325 e. The molecule has 1 unspecified atom stereocenters. The van der Waals surface area contributed by atoms with Gasteiger partial charge in [0.05, 0.1) is 5.52 Å². The highest BCUT2D eigenvalue weighted by atomic mass is 19.1. The molecule has 5 rings (SSSR count). The number of aryl methyl sites for hydroxylation is 1. The molecule has 3 heterocycles. The van der Waals surface area contributed by atoms with Gasteiger partial charge >= 0.3 is 5.97 Å². The van der Waals surface area contributed by atoms with E-state index < -0.39 is 12.0 Å². The predicted molar refractivity (Wildman–Crippen MR) is 119 cm³/mol. The quantitative estimate of drug-likeness (QED) is 0.522. The van der Waals surface area contributed by atoms with Crippen molar-refractivity contribution in [1.29, 1.82) is 0 Å². The highest BCUT2D eigenvalue weighted by Gasteiger charge is 2.32. The lowest BCUT2D eigenvalue weighted by molar-refractivity contribution is -0.143. The van der Waals surface area contributed by atoms with Crippen molar-refractivity contribution in [3.8, 4) is 0 Å². The van der Waals surface area contributed by atoms with Crippen LogP contribution in [0.3, 0.4) is 0 Å². The van der Waals surface area contributed by atoms with Crippen molar-refractivity contribution in [2.45, 2.75) is 13.0 Å². The van der Waals surface area contributed by atoms with Crippen molar-refractivity contribution >= 4 is 33.6 Å². The second-order valence-corrected chi connectivity index (χ2v) is 8.01. The van der Waals surface area contributed by atoms with E-state index in [0.717, 1.165) is 22.1 Å². The molecule has 0 radical (unpaired) electrons. The third-order valence-corrected chi connectivity index (χ3v) is 6.12. The van der Waals surface area contributed by atoms with Crippen LogP contribution in [-0.2, 0) is 4.79 Å². The van der Waals surface area contributed by atoms with Gasteiger partial charge in [-0.05, 0) is 42.8 Å². The molecule has 1 fully saturated rings. The Hall–Kier alpha value is -3.45. The molecule has 1 aliphatic heterocycles. The van der Waals surface area contributed by atoms with Crippen LogP contribution in [0.2, 0.25) is 0 Å². The lowest BCUT2D eigenvalue weighted by Gasteiger charge is -2.38. The number of piperazine rings is 1. The standard InChI is InChI=1S/C24H23FN4O2/c1-15-12-22(27-20-5-3-2-4-17(15)20)28-8-10-29(11-9-28)23(24(30)31)19-14-26-21-13-16(25)6-7-18(19)21/h2-7,12-14,23,26H,8-11H2,1H3,(H,30,31). The number of hydrogen-bond acceptors (Lipinski definition) is 4. The molecule has 4 aromatic rings. The van der Waals surface area contributed by atoms with Crippen molar-refractivity contribution in [3.05, 3.63) is 71.7 Å². The van der Waals surface area contributed by atoms with Gasteiger partial charge in [0, 0.05) is 54.2 Å². The Labute approximate surface area is 178 Å². The van der Waals surface area contributed by atoms with Gasteiger partial charge in [-0.2, -0.15) is 0 Å². The summed E-state index contributed by atoms with van der Waals surface area (Å²) in [5, 5.41) is 11.9. The van der Waals surface area contributed by atoms with Crippen LogP contribution in [0.1, 0.15) is 17.2 Å². The topological polar surface area (TPSA) is 72.5 Å². The minimum atomic E-state index is -0.904. The summed E-state index contributed by atoms with van der Waals surface area (Å²) in [4.78, 5) is 24.2. The Morgan fingerprint density at radius 2 is 1.87 bits per heavy atom. The zero-order chi connectivity index (χ0) is 21.5. The summed E-state index contributed by atoms with van der Waals surface area (Å²) in [5.74, 6) is -0.330. The van der Waals surface area contributed by atoms with Gasteiger partial charge in [-0.15, -0.1) is 0 Å². The summed E-state index contributed by atoms with van der Waals surface area (Å²) in [6.45, 7) is 4.65. The first-order chi connectivity index (χ1) is 15.0. The van der Waals surface area contributed by atoms with Crippen molar-refractivity contribution in [2.75, 3.05) is 31.1 Å². The largest absolute Gasteiger partial charge is 0.480 e. The van der Waals surface area contributed by atoms with Gasteiger partial charge in [-0.25, -0.2) is 9.37 Å². The fourth-order valence-corrected chi connectivity index (χ4v) is 4.54. The summed E-state index contributed by atoms with van der Waals surface area (Å²) in [7, 11) is 0. The molecule has 31 heavy (non-hydrogen) atoms. The van der Waals surface area contributed by atoms with Gasteiger partial charge in [0.2, 0.25) is 0 Å². The number of carboxylic acids is 1. The van der Waals surface area contributed by atoms with E-state index in [1.165, 1.54) is 17.7 Å². The third-order valence-electron chi connectivity index (χ3n) is 6.12. The van der Waals surface area contributed by atoms with Crippen LogP contribution < -0.4 is 4.90 Å². The second kappa shape index (κ2) is 7.67. The molecule has 7 heteroatoms. The van der Waals surface area contributed by atoms with Gasteiger partial charge in [-0.1, -0.05) is 18.2 Å². The monoisotopic (exact) mass is 418 g/mol. The first kappa shape index (κ1) is 19.5. The normalized spacial score (nSPS) is 16.1. The van der Waals surface area contributed by atoms with E-state index in [-0.39, 0.29) is 5.82 Å². The number of rotatable bonds is 4. The maximum Gasteiger partial charge on any atom is 0.325 e. The summed E-state index contributed by atoms with van der Waals surface area (Å²) >= 11 is 0. The number of aliphatic carboxylic acids is 1. The number of hydrogen-bond donors (Lipinski definition) is 2. The molecule has 0 saturated carbocycles. The molecular formula is C24H23FN4O2. The van der Waals surface area contributed by atoms with E-state index in [2.05, 4.69) is 28.9 Å². The molecule has 0 spiro atoms. The number of halogens is 1. The average molecular weight is 418 g/mol. The molecule has 2 aromatic carbocycles. The number of aromatic amines is 1. The molecular weight excluding hydrogens is 395 g/mol. The van der Waals surface area contributed by atoms with Gasteiger partial charge < -0.3 is 15.0 Å². The first-order valence-electron chi connectivity index (χ1n) is 10.4. The highest BCUT2D eigenvalue weighted by Crippen LogP contribution is 2.31. The maximum atomic E-state index is 13.5. The van der Waals surface area contributed by atoms with Gasteiger partial charge in [-0.3, -0.25) is 9.69 Å².